The lowest BCUT2D eigenvalue weighted by Gasteiger charge is -2.33. The molecule has 1 aliphatic heterocycles. The first-order valence-electron chi connectivity index (χ1n) is 7.93. The quantitative estimate of drug-likeness (QED) is 0.921. The van der Waals surface area contributed by atoms with E-state index in [-0.39, 0.29) is 11.9 Å². The lowest BCUT2D eigenvalue weighted by molar-refractivity contribution is 0.207. The molecule has 0 radical (unpaired) electrons. The van der Waals surface area contributed by atoms with Gasteiger partial charge in [-0.05, 0) is 24.3 Å². The first kappa shape index (κ1) is 16.6. The van der Waals surface area contributed by atoms with Crippen molar-refractivity contribution in [3.8, 4) is 0 Å². The summed E-state index contributed by atoms with van der Waals surface area (Å²) in [5.41, 5.74) is 0.727. The first-order valence-corrected chi connectivity index (χ1v) is 8.30. The topological polar surface area (TPSA) is 74.5 Å². The van der Waals surface area contributed by atoms with Crippen molar-refractivity contribution in [3.63, 3.8) is 0 Å². The van der Waals surface area contributed by atoms with Gasteiger partial charge in [-0.3, -0.25) is 0 Å². The number of carbonyl (C=O) groups is 1. The Hall–Kier alpha value is -2.28. The normalized spacial score (nSPS) is 15.0. The van der Waals surface area contributed by atoms with E-state index in [0.717, 1.165) is 5.69 Å². The van der Waals surface area contributed by atoms with Gasteiger partial charge in [-0.25, -0.2) is 4.79 Å². The van der Waals surface area contributed by atoms with Gasteiger partial charge in [0.1, 0.15) is 0 Å². The molecule has 24 heavy (non-hydrogen) atoms. The number of piperazine rings is 1. The molecule has 0 spiro atoms. The average Bonchev–Trinajstić information content (AvgIpc) is 3.07. The van der Waals surface area contributed by atoms with Gasteiger partial charge in [0.25, 0.3) is 0 Å². The molecular weight excluding hydrogens is 330 g/mol. The maximum atomic E-state index is 12.3. The zero-order valence-corrected chi connectivity index (χ0v) is 14.5. The minimum atomic E-state index is -0.120. The monoisotopic (exact) mass is 349 g/mol. The molecule has 0 unspecified atom stereocenters. The Morgan fingerprint density at radius 1 is 1.17 bits per heavy atom. The van der Waals surface area contributed by atoms with Crippen LogP contribution in [-0.4, -0.2) is 47.3 Å². The Kier molecular flexibility index (Phi) is 4.89. The highest BCUT2D eigenvalue weighted by atomic mass is 35.5. The number of hydrogen-bond donors (Lipinski definition) is 1. The Balaban J connectivity index is 1.54. The molecule has 0 saturated carbocycles. The first-order chi connectivity index (χ1) is 11.5. The zero-order valence-electron chi connectivity index (χ0n) is 13.7. The van der Waals surface area contributed by atoms with Crippen LogP contribution in [-0.2, 0) is 0 Å². The van der Waals surface area contributed by atoms with E-state index in [1.165, 1.54) is 0 Å². The summed E-state index contributed by atoms with van der Waals surface area (Å²) in [6, 6.07) is 7.46. The number of nitrogens with zero attached hydrogens (tertiary/aromatic N) is 4. The number of nitrogens with one attached hydrogen (secondary N) is 1. The van der Waals surface area contributed by atoms with Crippen LogP contribution in [0.2, 0.25) is 5.02 Å². The smallest absolute Gasteiger partial charge is 0.321 e. The maximum absolute atomic E-state index is 12.3. The molecule has 1 aromatic carbocycles. The number of carbonyl (C=O) groups excluding carboxylic acids is 1. The van der Waals surface area contributed by atoms with E-state index in [9.17, 15) is 4.79 Å². The number of benzene rings is 1. The molecule has 2 amide bonds. The van der Waals surface area contributed by atoms with E-state index >= 15 is 0 Å². The van der Waals surface area contributed by atoms with Crippen molar-refractivity contribution in [1.29, 1.82) is 0 Å². The van der Waals surface area contributed by atoms with Crippen molar-refractivity contribution in [2.24, 2.45) is 0 Å². The molecule has 1 aromatic heterocycles. The lowest BCUT2D eigenvalue weighted by Crippen LogP contribution is -2.50. The lowest BCUT2D eigenvalue weighted by atomic mass is 10.2. The van der Waals surface area contributed by atoms with Crippen LogP contribution in [0.5, 0.6) is 0 Å². The molecule has 2 heterocycles. The SMILES string of the molecule is CC(C)c1nnc(N2CCN(C(=O)Nc3ccc(Cl)cc3)CC2)o1. The highest BCUT2D eigenvalue weighted by Crippen LogP contribution is 2.20. The Morgan fingerprint density at radius 2 is 1.83 bits per heavy atom. The number of urea groups is 1. The van der Waals surface area contributed by atoms with Gasteiger partial charge in [-0.2, -0.15) is 0 Å². The van der Waals surface area contributed by atoms with Crippen molar-refractivity contribution in [2.45, 2.75) is 19.8 Å². The van der Waals surface area contributed by atoms with Gasteiger partial charge in [0.05, 0.1) is 0 Å². The summed E-state index contributed by atoms with van der Waals surface area (Å²) in [4.78, 5) is 16.1. The predicted octanol–water partition coefficient (Wildman–Crippen LogP) is 3.20. The van der Waals surface area contributed by atoms with Crippen LogP contribution in [0.25, 0.3) is 0 Å². The van der Waals surface area contributed by atoms with Crippen molar-refractivity contribution in [3.05, 3.63) is 35.2 Å². The summed E-state index contributed by atoms with van der Waals surface area (Å²) >= 11 is 5.84. The second kappa shape index (κ2) is 7.09. The number of aromatic nitrogens is 2. The maximum Gasteiger partial charge on any atom is 0.321 e. The van der Waals surface area contributed by atoms with Crippen LogP contribution in [0.1, 0.15) is 25.7 Å². The molecule has 128 valence electrons. The fourth-order valence-electron chi connectivity index (χ4n) is 2.42. The Bertz CT molecular complexity index is 693. The highest BCUT2D eigenvalue weighted by Gasteiger charge is 2.24. The highest BCUT2D eigenvalue weighted by molar-refractivity contribution is 6.30. The van der Waals surface area contributed by atoms with Gasteiger partial charge in [0, 0.05) is 42.8 Å². The second-order valence-corrected chi connectivity index (χ2v) is 6.43. The molecule has 7 nitrogen and oxygen atoms in total. The Morgan fingerprint density at radius 3 is 2.42 bits per heavy atom. The summed E-state index contributed by atoms with van der Waals surface area (Å²) in [5, 5.41) is 11.6. The number of rotatable bonds is 3. The van der Waals surface area contributed by atoms with Crippen LogP contribution in [0.3, 0.4) is 0 Å². The molecule has 0 atom stereocenters. The molecule has 0 aliphatic carbocycles. The summed E-state index contributed by atoms with van der Waals surface area (Å²) in [6.45, 7) is 6.53. The van der Waals surface area contributed by atoms with Crippen molar-refractivity contribution < 1.29 is 9.21 Å². The third kappa shape index (κ3) is 3.79. The van der Waals surface area contributed by atoms with E-state index in [0.29, 0.717) is 43.1 Å². The summed E-state index contributed by atoms with van der Waals surface area (Å²) in [7, 11) is 0. The zero-order chi connectivity index (χ0) is 17.1. The van der Waals surface area contributed by atoms with Crippen LogP contribution in [0.15, 0.2) is 28.7 Å². The van der Waals surface area contributed by atoms with E-state index in [1.807, 2.05) is 18.7 Å². The third-order valence-corrected chi connectivity index (χ3v) is 4.11. The van der Waals surface area contributed by atoms with Crippen LogP contribution >= 0.6 is 11.6 Å². The minimum absolute atomic E-state index is 0.120. The van der Waals surface area contributed by atoms with Gasteiger partial charge < -0.3 is 19.5 Å². The molecular formula is C16H20ClN5O2. The third-order valence-electron chi connectivity index (χ3n) is 3.86. The van der Waals surface area contributed by atoms with Crippen molar-refractivity contribution in [1.82, 2.24) is 15.1 Å². The molecule has 1 saturated heterocycles. The van der Waals surface area contributed by atoms with E-state index in [4.69, 9.17) is 16.0 Å². The molecule has 1 aliphatic rings. The van der Waals surface area contributed by atoms with E-state index in [2.05, 4.69) is 15.5 Å². The number of anilines is 2. The largest absolute Gasteiger partial charge is 0.408 e. The minimum Gasteiger partial charge on any atom is -0.408 e. The molecule has 3 rings (SSSR count). The average molecular weight is 350 g/mol. The predicted molar refractivity (Wildman–Crippen MR) is 92.6 cm³/mol. The number of amides is 2. The van der Waals surface area contributed by atoms with Gasteiger partial charge >= 0.3 is 12.0 Å². The van der Waals surface area contributed by atoms with Gasteiger partial charge in [0.2, 0.25) is 5.89 Å². The molecule has 1 fully saturated rings. The van der Waals surface area contributed by atoms with E-state index in [1.54, 1.807) is 29.2 Å². The van der Waals surface area contributed by atoms with Gasteiger partial charge in [-0.15, -0.1) is 5.10 Å². The van der Waals surface area contributed by atoms with Crippen molar-refractivity contribution >= 4 is 29.3 Å². The van der Waals surface area contributed by atoms with Crippen LogP contribution in [0, 0.1) is 0 Å². The van der Waals surface area contributed by atoms with Crippen LogP contribution in [0.4, 0.5) is 16.5 Å². The fraction of sp³-hybridized carbons (Fsp3) is 0.438. The standard InChI is InChI=1S/C16H20ClN5O2/c1-11(2)14-19-20-16(24-14)22-9-7-21(8-10-22)15(23)18-13-5-3-12(17)4-6-13/h3-6,11H,7-10H2,1-2H3,(H,18,23). The van der Waals surface area contributed by atoms with E-state index < -0.39 is 0 Å². The summed E-state index contributed by atoms with van der Waals surface area (Å²) < 4.78 is 5.66. The molecule has 0 bridgehead atoms. The molecule has 8 heteroatoms. The van der Waals surface area contributed by atoms with Crippen LogP contribution < -0.4 is 10.2 Å². The van der Waals surface area contributed by atoms with Gasteiger partial charge in [-0.1, -0.05) is 30.5 Å². The van der Waals surface area contributed by atoms with Gasteiger partial charge in [0.15, 0.2) is 0 Å². The fourth-order valence-corrected chi connectivity index (χ4v) is 2.55. The Labute approximate surface area is 145 Å². The van der Waals surface area contributed by atoms with Crippen molar-refractivity contribution in [2.75, 3.05) is 36.4 Å². The second-order valence-electron chi connectivity index (χ2n) is 5.99. The molecule has 2 aromatic rings. The molecule has 1 N–H and O–H groups in total. The summed E-state index contributed by atoms with van der Waals surface area (Å²) in [5.74, 6) is 0.839. The summed E-state index contributed by atoms with van der Waals surface area (Å²) in [6.07, 6.45) is 0. The number of hydrogen-bond acceptors (Lipinski definition) is 5. The number of halogens is 1.